The number of fused-ring (bicyclic) bond motifs is 2. The Morgan fingerprint density at radius 3 is 2.79 bits per heavy atom. The average Bonchev–Trinajstić information content (AvgIpc) is 3.60. The maximum absolute atomic E-state index is 13.9. The summed E-state index contributed by atoms with van der Waals surface area (Å²) in [7, 11) is 0. The van der Waals surface area contributed by atoms with Crippen molar-refractivity contribution in [2.45, 2.75) is 37.6 Å². The monoisotopic (exact) mass is 467 g/mol. The number of hydrogen-bond donors (Lipinski definition) is 4. The van der Waals surface area contributed by atoms with Crippen molar-refractivity contribution >= 4 is 34.5 Å². The lowest BCUT2D eigenvalue weighted by Gasteiger charge is -2.45. The van der Waals surface area contributed by atoms with E-state index < -0.39 is 41.6 Å². The van der Waals surface area contributed by atoms with Crippen LogP contribution >= 0.6 is 0 Å². The van der Waals surface area contributed by atoms with Crippen molar-refractivity contribution in [2.24, 2.45) is 29.4 Å². The van der Waals surface area contributed by atoms with Gasteiger partial charge < -0.3 is 26.0 Å². The number of amides is 3. The summed E-state index contributed by atoms with van der Waals surface area (Å²) in [5, 5.41) is 12.6. The molecular weight excluding hydrogens is 438 g/mol. The average molecular weight is 468 g/mol. The lowest BCUT2D eigenvalue weighted by molar-refractivity contribution is -0.144. The third-order valence-corrected chi connectivity index (χ3v) is 8.11. The molecule has 1 saturated carbocycles. The van der Waals surface area contributed by atoms with Crippen LogP contribution in [-0.2, 0) is 14.4 Å². The molecule has 4 heterocycles. The van der Waals surface area contributed by atoms with Crippen LogP contribution in [-0.4, -0.2) is 68.7 Å². The Morgan fingerprint density at radius 1 is 1.29 bits per heavy atom. The van der Waals surface area contributed by atoms with E-state index in [1.165, 1.54) is 4.90 Å². The number of aliphatic hydroxyl groups is 1. The van der Waals surface area contributed by atoms with Gasteiger partial charge in [-0.1, -0.05) is 6.42 Å². The molecule has 5 atom stereocenters. The first-order valence-electron chi connectivity index (χ1n) is 11.8. The summed E-state index contributed by atoms with van der Waals surface area (Å²) < 4.78 is 0. The summed E-state index contributed by atoms with van der Waals surface area (Å²) in [5.41, 5.74) is 6.03. The maximum Gasteiger partial charge on any atom is 0.271 e. The molecule has 2 saturated heterocycles. The molecule has 3 fully saturated rings. The number of H-pyrrole nitrogens is 1. The predicted octanol–water partition coefficient (Wildman–Crippen LogP) is 0.363. The summed E-state index contributed by atoms with van der Waals surface area (Å²) >= 11 is 0. The number of nitrogens with two attached hydrogens (primary N) is 1. The smallest absolute Gasteiger partial charge is 0.271 e. The van der Waals surface area contributed by atoms with E-state index in [1.54, 1.807) is 24.4 Å². The number of carbonyl (C=O) groups excluding carboxylic acids is 4. The predicted molar refractivity (Wildman–Crippen MR) is 121 cm³/mol. The lowest BCUT2D eigenvalue weighted by Crippen LogP contribution is -2.66. The fraction of sp³-hybridized carbons (Fsp3) is 0.542. The van der Waals surface area contributed by atoms with E-state index in [9.17, 15) is 24.3 Å². The molecule has 5 rings (SSSR count). The van der Waals surface area contributed by atoms with Gasteiger partial charge in [-0.05, 0) is 55.7 Å². The van der Waals surface area contributed by atoms with Crippen molar-refractivity contribution in [1.82, 2.24) is 20.2 Å². The standard InChI is InChI=1S/C24H29N5O5/c25-23(34)24(16(20(31)12-30)9-13-6-8-27-21(13)32)15-4-1-3-14(15)11-29(24)22(33)19-10-18-17(28-19)5-2-7-26-18/h2,5,7,10,13-16,28,30H,1,3-4,6,8-9,11-12H2,(H2,25,34)(H,27,32)/t13-,14?,15?,16-,24?/m1/s1. The number of primary amides is 1. The minimum absolute atomic E-state index is 0.0188. The molecule has 34 heavy (non-hydrogen) atoms. The van der Waals surface area contributed by atoms with E-state index in [2.05, 4.69) is 15.3 Å². The van der Waals surface area contributed by atoms with E-state index in [4.69, 9.17) is 5.73 Å². The Balaban J connectivity index is 1.62. The number of aliphatic hydroxyl groups excluding tert-OH is 1. The molecule has 10 heteroatoms. The fourth-order valence-corrected chi connectivity index (χ4v) is 6.64. The first kappa shape index (κ1) is 22.5. The van der Waals surface area contributed by atoms with Gasteiger partial charge in [0.25, 0.3) is 5.91 Å². The van der Waals surface area contributed by atoms with Crippen LogP contribution in [0.1, 0.15) is 42.6 Å². The third-order valence-electron chi connectivity index (χ3n) is 8.11. The van der Waals surface area contributed by atoms with Crippen molar-refractivity contribution in [3.05, 3.63) is 30.1 Å². The zero-order chi connectivity index (χ0) is 24.0. The Hall–Kier alpha value is -3.27. The van der Waals surface area contributed by atoms with Crippen molar-refractivity contribution < 1.29 is 24.3 Å². The number of ketones is 1. The van der Waals surface area contributed by atoms with Crippen LogP contribution in [0, 0.1) is 23.7 Å². The molecule has 2 aromatic heterocycles. The Kier molecular flexibility index (Phi) is 5.63. The van der Waals surface area contributed by atoms with Crippen LogP contribution in [0.2, 0.25) is 0 Å². The molecule has 2 aromatic rings. The number of carbonyl (C=O) groups is 4. The van der Waals surface area contributed by atoms with Gasteiger partial charge in [0.15, 0.2) is 5.78 Å². The van der Waals surface area contributed by atoms with Gasteiger partial charge in [-0.15, -0.1) is 0 Å². The molecule has 0 aromatic carbocycles. The highest BCUT2D eigenvalue weighted by molar-refractivity contribution is 6.03. The summed E-state index contributed by atoms with van der Waals surface area (Å²) in [6.45, 7) is -0.00502. The molecule has 0 spiro atoms. The molecule has 2 aliphatic heterocycles. The van der Waals surface area contributed by atoms with Crippen LogP contribution in [0.4, 0.5) is 0 Å². The molecule has 0 radical (unpaired) electrons. The Bertz CT molecular complexity index is 1130. The zero-order valence-electron chi connectivity index (χ0n) is 18.8. The molecule has 3 amide bonds. The van der Waals surface area contributed by atoms with E-state index in [-0.39, 0.29) is 29.9 Å². The maximum atomic E-state index is 13.9. The molecule has 1 aliphatic carbocycles. The van der Waals surface area contributed by atoms with Crippen LogP contribution in [0.5, 0.6) is 0 Å². The van der Waals surface area contributed by atoms with Crippen molar-refractivity contribution in [2.75, 3.05) is 19.7 Å². The molecule has 5 N–H and O–H groups in total. The fourth-order valence-electron chi connectivity index (χ4n) is 6.64. The Morgan fingerprint density at radius 2 is 2.12 bits per heavy atom. The number of likely N-dealkylation sites (tertiary alicyclic amines) is 1. The minimum atomic E-state index is -1.61. The van der Waals surface area contributed by atoms with Gasteiger partial charge in [-0.25, -0.2) is 0 Å². The van der Waals surface area contributed by atoms with Gasteiger partial charge >= 0.3 is 0 Å². The lowest BCUT2D eigenvalue weighted by atomic mass is 9.67. The number of pyridine rings is 1. The van der Waals surface area contributed by atoms with Crippen molar-refractivity contribution in [3.63, 3.8) is 0 Å². The summed E-state index contributed by atoms with van der Waals surface area (Å²) in [6.07, 6.45) is 4.56. The topological polar surface area (TPSA) is 158 Å². The van der Waals surface area contributed by atoms with Crippen LogP contribution in [0.15, 0.2) is 24.4 Å². The summed E-state index contributed by atoms with van der Waals surface area (Å²) in [6, 6.07) is 5.18. The van der Waals surface area contributed by atoms with Crippen molar-refractivity contribution in [3.8, 4) is 0 Å². The molecule has 3 unspecified atom stereocenters. The number of rotatable bonds is 7. The Labute approximate surface area is 196 Å². The van der Waals surface area contributed by atoms with Gasteiger partial charge in [0.05, 0.1) is 17.0 Å². The number of Topliss-reactive ketones (excluding diaryl/α,β-unsaturated/α-hetero) is 1. The molecule has 0 bridgehead atoms. The normalized spacial score (nSPS) is 29.3. The second-order valence-corrected chi connectivity index (χ2v) is 9.71. The van der Waals surface area contributed by atoms with E-state index in [1.807, 2.05) is 0 Å². The van der Waals surface area contributed by atoms with Crippen LogP contribution < -0.4 is 11.1 Å². The second kappa shape index (κ2) is 8.50. The van der Waals surface area contributed by atoms with Crippen LogP contribution in [0.3, 0.4) is 0 Å². The van der Waals surface area contributed by atoms with Gasteiger partial charge in [0, 0.05) is 25.2 Å². The van der Waals surface area contributed by atoms with E-state index in [0.717, 1.165) is 12.8 Å². The highest BCUT2D eigenvalue weighted by atomic mass is 16.3. The zero-order valence-corrected chi connectivity index (χ0v) is 18.8. The van der Waals surface area contributed by atoms with E-state index in [0.29, 0.717) is 37.0 Å². The molecular formula is C24H29N5O5. The number of nitrogens with one attached hydrogen (secondary N) is 2. The SMILES string of the molecule is NC(=O)C1([C@H](C[C@H]2CCNC2=O)C(=O)CO)C2CCCC2CN1C(=O)c1cc2ncccc2[nH]1. The largest absolute Gasteiger partial charge is 0.389 e. The van der Waals surface area contributed by atoms with Gasteiger partial charge in [0.2, 0.25) is 11.8 Å². The van der Waals surface area contributed by atoms with Gasteiger partial charge in [-0.3, -0.25) is 24.2 Å². The highest BCUT2D eigenvalue weighted by Crippen LogP contribution is 2.53. The van der Waals surface area contributed by atoms with Crippen LogP contribution in [0.25, 0.3) is 11.0 Å². The number of nitrogens with zero attached hydrogens (tertiary/aromatic N) is 2. The first-order chi connectivity index (χ1) is 16.4. The number of aromatic nitrogens is 2. The third kappa shape index (κ3) is 3.31. The van der Waals surface area contributed by atoms with Gasteiger partial charge in [0.1, 0.15) is 17.8 Å². The first-order valence-corrected chi connectivity index (χ1v) is 11.8. The molecule has 180 valence electrons. The summed E-state index contributed by atoms with van der Waals surface area (Å²) in [4.78, 5) is 61.6. The van der Waals surface area contributed by atoms with Gasteiger partial charge in [-0.2, -0.15) is 0 Å². The highest BCUT2D eigenvalue weighted by Gasteiger charge is 2.65. The second-order valence-electron chi connectivity index (χ2n) is 9.71. The minimum Gasteiger partial charge on any atom is -0.389 e. The number of aromatic amines is 1. The molecule has 3 aliphatic rings. The van der Waals surface area contributed by atoms with Crippen molar-refractivity contribution in [1.29, 1.82) is 0 Å². The number of hydrogen-bond acceptors (Lipinski definition) is 6. The van der Waals surface area contributed by atoms with E-state index >= 15 is 0 Å². The summed E-state index contributed by atoms with van der Waals surface area (Å²) in [5.74, 6) is -3.77. The molecule has 10 nitrogen and oxygen atoms in total. The quantitative estimate of drug-likeness (QED) is 0.460.